The number of esters is 1. The summed E-state index contributed by atoms with van der Waals surface area (Å²) in [7, 11) is -3.37. The molecule has 0 radical (unpaired) electrons. The van der Waals surface area contributed by atoms with Gasteiger partial charge >= 0.3 is 5.97 Å². The normalized spacial score (nSPS) is 11.2. The number of carbonyl (C=O) groups is 1. The molecule has 0 aliphatic rings. The first kappa shape index (κ1) is 11.4. The molecule has 0 N–H and O–H groups in total. The molecule has 0 saturated heterocycles. The Kier molecular flexibility index (Phi) is 4.84. The lowest BCUT2D eigenvalue weighted by Gasteiger charge is -2.01. The lowest BCUT2D eigenvalue weighted by Crippen LogP contribution is -2.08. The van der Waals surface area contributed by atoms with Gasteiger partial charge in [0.25, 0.3) is 10.1 Å². The fraction of sp³-hybridized carbons (Fsp3) is 0.833. The fourth-order valence-electron chi connectivity index (χ4n) is 0.485. The molecule has 0 unspecified atom stereocenters. The Morgan fingerprint density at radius 2 is 1.92 bits per heavy atom. The molecule has 6 heteroatoms. The van der Waals surface area contributed by atoms with E-state index in [-0.39, 0.29) is 19.2 Å². The maximum Gasteiger partial charge on any atom is 0.302 e. The number of ether oxygens (including phenoxy) is 1. The van der Waals surface area contributed by atoms with Crippen molar-refractivity contribution in [2.45, 2.75) is 13.3 Å². The van der Waals surface area contributed by atoms with E-state index >= 15 is 0 Å². The molecule has 72 valence electrons. The van der Waals surface area contributed by atoms with Crippen molar-refractivity contribution in [1.29, 1.82) is 0 Å². The van der Waals surface area contributed by atoms with Crippen LogP contribution in [0.3, 0.4) is 0 Å². The molecule has 0 rings (SSSR count). The Bertz CT molecular complexity index is 230. The molecule has 0 saturated carbocycles. The Hall–Kier alpha value is -0.620. The van der Waals surface area contributed by atoms with Gasteiger partial charge in [0.2, 0.25) is 0 Å². The molecule has 0 aromatic rings. The van der Waals surface area contributed by atoms with Crippen molar-refractivity contribution in [2.75, 3.05) is 19.5 Å². The van der Waals surface area contributed by atoms with Gasteiger partial charge in [-0.1, -0.05) is 0 Å². The first-order valence-electron chi connectivity index (χ1n) is 3.39. The minimum Gasteiger partial charge on any atom is -0.466 e. The van der Waals surface area contributed by atoms with E-state index in [1.807, 2.05) is 0 Å². The van der Waals surface area contributed by atoms with Gasteiger partial charge in [-0.2, -0.15) is 8.42 Å². The Balaban J connectivity index is 3.29. The molecule has 0 heterocycles. The molecule has 5 nitrogen and oxygen atoms in total. The van der Waals surface area contributed by atoms with Crippen molar-refractivity contribution in [3.05, 3.63) is 0 Å². The van der Waals surface area contributed by atoms with Crippen molar-refractivity contribution in [1.82, 2.24) is 0 Å². The summed E-state index contributed by atoms with van der Waals surface area (Å²) in [6.07, 6.45) is 1.35. The van der Waals surface area contributed by atoms with Crippen molar-refractivity contribution in [3.63, 3.8) is 0 Å². The molecule has 0 aromatic carbocycles. The molecule has 0 aliphatic heterocycles. The van der Waals surface area contributed by atoms with Crippen LogP contribution < -0.4 is 0 Å². The molecular weight excluding hydrogens is 184 g/mol. The summed E-state index contributed by atoms with van der Waals surface area (Å²) in [5.74, 6) is -0.380. The smallest absolute Gasteiger partial charge is 0.302 e. The van der Waals surface area contributed by atoms with Crippen LogP contribution >= 0.6 is 0 Å². The number of carbonyl (C=O) groups excluding carboxylic acids is 1. The van der Waals surface area contributed by atoms with Gasteiger partial charge in [-0.25, -0.2) is 0 Å². The summed E-state index contributed by atoms with van der Waals surface area (Å²) in [6.45, 7) is 1.52. The molecule has 0 atom stereocenters. The third kappa shape index (κ3) is 9.38. The third-order valence-electron chi connectivity index (χ3n) is 0.891. The van der Waals surface area contributed by atoms with Crippen LogP contribution in [0.15, 0.2) is 0 Å². The lowest BCUT2D eigenvalue weighted by atomic mass is 10.5. The highest BCUT2D eigenvalue weighted by Gasteiger charge is 2.00. The van der Waals surface area contributed by atoms with E-state index in [2.05, 4.69) is 8.92 Å². The minimum atomic E-state index is -3.37. The topological polar surface area (TPSA) is 69.7 Å². The van der Waals surface area contributed by atoms with Crippen molar-refractivity contribution in [3.8, 4) is 0 Å². The Labute approximate surface area is 71.8 Å². The highest BCUT2D eigenvalue weighted by molar-refractivity contribution is 7.85. The third-order valence-corrected chi connectivity index (χ3v) is 1.49. The minimum absolute atomic E-state index is 0.0477. The van der Waals surface area contributed by atoms with Crippen LogP contribution in [-0.2, 0) is 23.8 Å². The van der Waals surface area contributed by atoms with E-state index in [0.29, 0.717) is 6.42 Å². The molecular formula is C6H12O5S. The Morgan fingerprint density at radius 1 is 1.33 bits per heavy atom. The average Bonchev–Trinajstić information content (AvgIpc) is 1.83. The first-order valence-corrected chi connectivity index (χ1v) is 5.21. The molecule has 0 aliphatic carbocycles. The van der Waals surface area contributed by atoms with Crippen LogP contribution in [0, 0.1) is 0 Å². The summed E-state index contributed by atoms with van der Waals surface area (Å²) in [6, 6.07) is 0. The van der Waals surface area contributed by atoms with Gasteiger partial charge < -0.3 is 4.74 Å². The molecule has 12 heavy (non-hydrogen) atoms. The standard InChI is InChI=1S/C6H12O5S/c1-6(7)10-4-3-5-11-12(2,8)9/h3-5H2,1-2H3. The van der Waals surface area contributed by atoms with E-state index in [1.165, 1.54) is 6.92 Å². The number of hydrogen-bond donors (Lipinski definition) is 0. The maximum absolute atomic E-state index is 10.4. The van der Waals surface area contributed by atoms with Gasteiger partial charge in [-0.05, 0) is 0 Å². The summed E-state index contributed by atoms with van der Waals surface area (Å²) in [5.41, 5.74) is 0. The second-order valence-electron chi connectivity index (χ2n) is 2.22. The molecule has 0 fully saturated rings. The predicted molar refractivity (Wildman–Crippen MR) is 42.0 cm³/mol. The summed E-state index contributed by atoms with van der Waals surface area (Å²) < 4.78 is 29.7. The maximum atomic E-state index is 10.4. The van der Waals surface area contributed by atoms with Crippen molar-refractivity contribution >= 4 is 16.1 Å². The van der Waals surface area contributed by atoms with Crippen LogP contribution in [-0.4, -0.2) is 33.9 Å². The highest BCUT2D eigenvalue weighted by Crippen LogP contribution is 1.90. The molecule has 0 spiro atoms. The fourth-order valence-corrected chi connectivity index (χ4v) is 0.906. The van der Waals surface area contributed by atoms with E-state index in [0.717, 1.165) is 6.26 Å². The Morgan fingerprint density at radius 3 is 2.33 bits per heavy atom. The first-order chi connectivity index (χ1) is 5.42. The number of rotatable bonds is 5. The average molecular weight is 196 g/mol. The van der Waals surface area contributed by atoms with Crippen LogP contribution in [0.25, 0.3) is 0 Å². The second kappa shape index (κ2) is 5.10. The van der Waals surface area contributed by atoms with Gasteiger partial charge in [-0.15, -0.1) is 0 Å². The second-order valence-corrected chi connectivity index (χ2v) is 3.86. The monoisotopic (exact) mass is 196 g/mol. The highest BCUT2D eigenvalue weighted by atomic mass is 32.2. The summed E-state index contributed by atoms with van der Waals surface area (Å²) in [4.78, 5) is 10.2. The lowest BCUT2D eigenvalue weighted by molar-refractivity contribution is -0.141. The van der Waals surface area contributed by atoms with E-state index in [9.17, 15) is 13.2 Å². The molecule has 0 amide bonds. The van der Waals surface area contributed by atoms with Gasteiger partial charge in [0.05, 0.1) is 19.5 Å². The van der Waals surface area contributed by atoms with Crippen LogP contribution in [0.2, 0.25) is 0 Å². The van der Waals surface area contributed by atoms with E-state index in [4.69, 9.17) is 0 Å². The van der Waals surface area contributed by atoms with Gasteiger partial charge in [0.15, 0.2) is 0 Å². The largest absolute Gasteiger partial charge is 0.466 e. The van der Waals surface area contributed by atoms with Crippen LogP contribution in [0.5, 0.6) is 0 Å². The zero-order valence-corrected chi connectivity index (χ0v) is 7.89. The number of hydrogen-bond acceptors (Lipinski definition) is 5. The zero-order chi connectivity index (χ0) is 9.61. The zero-order valence-electron chi connectivity index (χ0n) is 7.07. The van der Waals surface area contributed by atoms with Gasteiger partial charge in [0.1, 0.15) is 0 Å². The van der Waals surface area contributed by atoms with Crippen LogP contribution in [0.1, 0.15) is 13.3 Å². The predicted octanol–water partition coefficient (Wildman–Crippen LogP) is -0.0842. The van der Waals surface area contributed by atoms with E-state index < -0.39 is 10.1 Å². The van der Waals surface area contributed by atoms with Crippen LogP contribution in [0.4, 0.5) is 0 Å². The van der Waals surface area contributed by atoms with Gasteiger partial charge in [0, 0.05) is 13.3 Å². The van der Waals surface area contributed by atoms with Gasteiger partial charge in [-0.3, -0.25) is 8.98 Å². The summed E-state index contributed by atoms with van der Waals surface area (Å²) in [5, 5.41) is 0. The van der Waals surface area contributed by atoms with Crippen molar-refractivity contribution < 1.29 is 22.1 Å². The summed E-state index contributed by atoms with van der Waals surface area (Å²) >= 11 is 0. The quantitative estimate of drug-likeness (QED) is 0.349. The SMILES string of the molecule is CC(=O)OCCCOS(C)(=O)=O. The van der Waals surface area contributed by atoms with Crippen molar-refractivity contribution in [2.24, 2.45) is 0 Å². The van der Waals surface area contributed by atoms with E-state index in [1.54, 1.807) is 0 Å². The molecule has 0 aromatic heterocycles. The molecule has 0 bridgehead atoms.